The average molecular weight is 645 g/mol. The minimum absolute atomic E-state index is 0.0642. The second-order valence-electron chi connectivity index (χ2n) is 14.3. The molecule has 0 amide bonds. The molecule has 5 heteroatoms. The van der Waals surface area contributed by atoms with Crippen LogP contribution in [0.4, 0.5) is 0 Å². The van der Waals surface area contributed by atoms with Crippen molar-refractivity contribution in [2.75, 3.05) is 0 Å². The van der Waals surface area contributed by atoms with E-state index < -0.39 is 0 Å². The molecule has 3 heterocycles. The number of aromatic nitrogens is 3. The van der Waals surface area contributed by atoms with Crippen LogP contribution in [0, 0.1) is 17.8 Å². The predicted octanol–water partition coefficient (Wildman–Crippen LogP) is 9.31. The Bertz CT molecular complexity index is 1930. The van der Waals surface area contributed by atoms with Crippen LogP contribution in [-0.4, -0.2) is 33.1 Å². The predicted molar refractivity (Wildman–Crippen MR) is 198 cm³/mol. The summed E-state index contributed by atoms with van der Waals surface area (Å²) in [6, 6.07) is 9.44. The highest BCUT2D eigenvalue weighted by atomic mass is 16.5. The fourth-order valence-electron chi connectivity index (χ4n) is 8.63. The maximum absolute atomic E-state index is 6.62. The van der Waals surface area contributed by atoms with Crippen LogP contribution in [0.2, 0.25) is 0 Å². The fourth-order valence-corrected chi connectivity index (χ4v) is 8.63. The van der Waals surface area contributed by atoms with Gasteiger partial charge in [-0.3, -0.25) is 0 Å². The molecule has 0 radical (unpaired) electrons. The zero-order valence-electron chi connectivity index (χ0n) is 28.0. The van der Waals surface area contributed by atoms with E-state index in [0.29, 0.717) is 35.4 Å². The number of ether oxygens (including phenoxy) is 1. The third-order valence-corrected chi connectivity index (χ3v) is 11.2. The third-order valence-electron chi connectivity index (χ3n) is 11.2. The number of rotatable bonds is 6. The number of nitrogens with zero attached hydrogens (tertiary/aromatic N) is 3. The van der Waals surface area contributed by atoms with Crippen molar-refractivity contribution in [3.63, 3.8) is 0 Å². The number of benzene rings is 1. The Morgan fingerprint density at radius 1 is 0.735 bits per heavy atom. The molecule has 1 N–H and O–H groups in total. The first-order valence-electron chi connectivity index (χ1n) is 18.4. The fraction of sp³-hybridized carbons (Fsp3) is 0.341. The lowest BCUT2D eigenvalue weighted by atomic mass is 9.78. The summed E-state index contributed by atoms with van der Waals surface area (Å²) in [6.07, 6.45) is 45.5. The van der Waals surface area contributed by atoms with Gasteiger partial charge in [-0.15, -0.1) is 0 Å². The summed E-state index contributed by atoms with van der Waals surface area (Å²) in [7, 11) is 0. The molecule has 5 aliphatic carbocycles. The Balaban J connectivity index is 1.11. The van der Waals surface area contributed by atoms with Crippen LogP contribution < -0.4 is 5.32 Å². The Morgan fingerprint density at radius 3 is 2.47 bits per heavy atom. The minimum Gasteiger partial charge on any atom is -0.489 e. The molecule has 2 aromatic rings. The monoisotopic (exact) mass is 644 g/mol. The first kappa shape index (κ1) is 30.4. The molecule has 5 nitrogen and oxygen atoms in total. The summed E-state index contributed by atoms with van der Waals surface area (Å²) in [4.78, 5) is 15.5. The van der Waals surface area contributed by atoms with Gasteiger partial charge in [0.1, 0.15) is 11.9 Å². The van der Waals surface area contributed by atoms with E-state index in [9.17, 15) is 0 Å². The van der Waals surface area contributed by atoms with Gasteiger partial charge >= 0.3 is 0 Å². The molecule has 7 atom stereocenters. The van der Waals surface area contributed by atoms with E-state index in [2.05, 4.69) is 127 Å². The summed E-state index contributed by atoms with van der Waals surface area (Å²) in [5.41, 5.74) is 5.71. The molecule has 7 unspecified atom stereocenters. The van der Waals surface area contributed by atoms with E-state index in [0.717, 1.165) is 60.4 Å². The molecule has 1 aromatic heterocycles. The van der Waals surface area contributed by atoms with Gasteiger partial charge in [0.2, 0.25) is 0 Å². The van der Waals surface area contributed by atoms with Crippen molar-refractivity contribution in [2.24, 2.45) is 17.8 Å². The van der Waals surface area contributed by atoms with Gasteiger partial charge in [-0.05, 0) is 80.6 Å². The second-order valence-corrected chi connectivity index (χ2v) is 14.3. The van der Waals surface area contributed by atoms with E-state index >= 15 is 0 Å². The summed E-state index contributed by atoms with van der Waals surface area (Å²) < 4.78 is 6.62. The van der Waals surface area contributed by atoms with Crippen molar-refractivity contribution < 1.29 is 4.74 Å². The highest BCUT2D eigenvalue weighted by Crippen LogP contribution is 2.46. The third kappa shape index (κ3) is 5.99. The molecule has 7 aliphatic rings. The van der Waals surface area contributed by atoms with Crippen LogP contribution in [0.1, 0.15) is 74.5 Å². The number of hydrogen-bond donors (Lipinski definition) is 1. The molecule has 1 aromatic carbocycles. The standard InChI is InChI=1S/C44H44N4O/c1-4-14-29(15-5-1)38-27-26-34(40(45-38)30-16-6-2-7-17-30)32-20-12-21-33(28-32)43-46-42(31-18-8-3-9-19-31)47-44(48-43)37-24-13-23-36-35-22-10-11-25-39(35)49-41(36)37/h4,6,8,10-14,16-22,24-29,34-36,38-40,45H,1-3,5,7,9,15,23H2. The van der Waals surface area contributed by atoms with Crippen molar-refractivity contribution in [3.8, 4) is 11.4 Å². The van der Waals surface area contributed by atoms with Crippen LogP contribution in [0.25, 0.3) is 22.5 Å². The van der Waals surface area contributed by atoms with Gasteiger partial charge in [0.05, 0.1) is 5.57 Å². The van der Waals surface area contributed by atoms with Crippen LogP contribution in [0.5, 0.6) is 0 Å². The van der Waals surface area contributed by atoms with E-state index in [4.69, 9.17) is 19.7 Å². The SMILES string of the molecule is C1=CC2OC3=C(c4nc(C5=CCCC=C5)nc(-c5cccc(C6C=CC(C7C=CCCC7)NC6C6=CCCC=C6)c5)n4)C=CCC3C2C=C1. The van der Waals surface area contributed by atoms with E-state index in [1.54, 1.807) is 0 Å². The van der Waals surface area contributed by atoms with Crippen molar-refractivity contribution >= 4 is 11.1 Å². The van der Waals surface area contributed by atoms with E-state index in [1.807, 2.05) is 0 Å². The molecule has 0 spiro atoms. The van der Waals surface area contributed by atoms with Crippen LogP contribution in [-0.2, 0) is 4.74 Å². The van der Waals surface area contributed by atoms with Crippen molar-refractivity contribution in [1.82, 2.24) is 20.3 Å². The van der Waals surface area contributed by atoms with E-state index in [1.165, 1.54) is 30.4 Å². The average Bonchev–Trinajstić information content (AvgIpc) is 3.58. The lowest BCUT2D eigenvalue weighted by Gasteiger charge is -2.38. The Hall–Kier alpha value is -4.61. The number of allylic oxidation sites excluding steroid dienone is 13. The number of nitrogens with one attached hydrogen (secondary N) is 1. The van der Waals surface area contributed by atoms with Gasteiger partial charge in [0, 0.05) is 41.0 Å². The molecule has 0 bridgehead atoms. The highest BCUT2D eigenvalue weighted by Gasteiger charge is 2.42. The van der Waals surface area contributed by atoms with Crippen molar-refractivity contribution in [3.05, 3.63) is 150 Å². The van der Waals surface area contributed by atoms with Crippen LogP contribution in [0.3, 0.4) is 0 Å². The zero-order valence-corrected chi connectivity index (χ0v) is 28.0. The van der Waals surface area contributed by atoms with Gasteiger partial charge in [0.15, 0.2) is 17.5 Å². The molecular weight excluding hydrogens is 601 g/mol. The zero-order chi connectivity index (χ0) is 32.6. The quantitative estimate of drug-likeness (QED) is 0.318. The lowest BCUT2D eigenvalue weighted by Crippen LogP contribution is -2.48. The topological polar surface area (TPSA) is 59.9 Å². The maximum atomic E-state index is 6.62. The van der Waals surface area contributed by atoms with Crippen LogP contribution in [0.15, 0.2) is 133 Å². The molecular formula is C44H44N4O. The molecule has 9 rings (SSSR count). The molecule has 1 saturated heterocycles. The molecule has 49 heavy (non-hydrogen) atoms. The van der Waals surface area contributed by atoms with Gasteiger partial charge in [0.25, 0.3) is 0 Å². The van der Waals surface area contributed by atoms with Crippen LogP contribution >= 0.6 is 0 Å². The Morgan fingerprint density at radius 2 is 1.61 bits per heavy atom. The first-order valence-corrected chi connectivity index (χ1v) is 18.4. The van der Waals surface area contributed by atoms with Gasteiger partial charge in [-0.2, -0.15) is 0 Å². The summed E-state index contributed by atoms with van der Waals surface area (Å²) in [5.74, 6) is 4.50. The number of hydrogen-bond acceptors (Lipinski definition) is 5. The highest BCUT2D eigenvalue weighted by molar-refractivity contribution is 5.77. The Labute approximate surface area is 290 Å². The first-order chi connectivity index (χ1) is 24.3. The molecule has 0 saturated carbocycles. The summed E-state index contributed by atoms with van der Waals surface area (Å²) in [5, 5.41) is 4.10. The van der Waals surface area contributed by atoms with E-state index in [-0.39, 0.29) is 18.1 Å². The molecule has 246 valence electrons. The van der Waals surface area contributed by atoms with Gasteiger partial charge < -0.3 is 10.1 Å². The summed E-state index contributed by atoms with van der Waals surface area (Å²) >= 11 is 0. The normalized spacial score (nSPS) is 31.3. The second kappa shape index (κ2) is 13.4. The van der Waals surface area contributed by atoms with Gasteiger partial charge in [-0.25, -0.2) is 15.0 Å². The van der Waals surface area contributed by atoms with Crippen molar-refractivity contribution in [2.45, 2.75) is 75.5 Å². The minimum atomic E-state index is 0.0642. The number of fused-ring (bicyclic) bond motifs is 3. The summed E-state index contributed by atoms with van der Waals surface area (Å²) in [6.45, 7) is 0. The molecule has 2 aliphatic heterocycles. The largest absolute Gasteiger partial charge is 0.489 e. The van der Waals surface area contributed by atoms with Gasteiger partial charge in [-0.1, -0.05) is 109 Å². The smallest absolute Gasteiger partial charge is 0.167 e. The lowest BCUT2D eigenvalue weighted by molar-refractivity contribution is 0.186. The molecule has 1 fully saturated rings. The Kier molecular flexibility index (Phi) is 8.30. The van der Waals surface area contributed by atoms with Crippen molar-refractivity contribution in [1.29, 1.82) is 0 Å². The maximum Gasteiger partial charge on any atom is 0.167 e.